The quantitative estimate of drug-likeness (QED) is 0.787. The number of rotatable bonds is 2. The van der Waals surface area contributed by atoms with Crippen molar-refractivity contribution in [2.24, 2.45) is 0 Å². The molecule has 2 aliphatic rings. The van der Waals surface area contributed by atoms with Crippen LogP contribution in [0.3, 0.4) is 0 Å². The first kappa shape index (κ1) is 13.1. The highest BCUT2D eigenvalue weighted by Crippen LogP contribution is 2.24. The first-order chi connectivity index (χ1) is 9.09. The molecule has 1 aromatic rings. The molecule has 2 saturated heterocycles. The molecule has 5 nitrogen and oxygen atoms in total. The van der Waals surface area contributed by atoms with Crippen LogP contribution >= 0.6 is 0 Å². The van der Waals surface area contributed by atoms with Crippen LogP contribution in [0, 0.1) is 0 Å². The zero-order valence-electron chi connectivity index (χ0n) is 10.9. The fourth-order valence-electron chi connectivity index (χ4n) is 2.72. The molecule has 0 radical (unpaired) electrons. The fourth-order valence-corrected chi connectivity index (χ4v) is 4.25. The Hall–Kier alpha value is -0.950. The van der Waals surface area contributed by atoms with Gasteiger partial charge in [-0.15, -0.1) is 0 Å². The molecule has 2 aliphatic heterocycles. The summed E-state index contributed by atoms with van der Waals surface area (Å²) in [5, 5.41) is 0. The summed E-state index contributed by atoms with van der Waals surface area (Å²) in [5.41, 5.74) is 0. The Morgan fingerprint density at radius 3 is 2.26 bits per heavy atom. The fraction of sp³-hybridized carbons (Fsp3) is 0.538. The number of likely N-dealkylation sites (N-methyl/N-ethyl adjacent to an activating group) is 1. The summed E-state index contributed by atoms with van der Waals surface area (Å²) >= 11 is 0. The number of hydrogen-bond donors (Lipinski definition) is 0. The summed E-state index contributed by atoms with van der Waals surface area (Å²) in [7, 11) is -1.33. The molecule has 104 valence electrons. The van der Waals surface area contributed by atoms with E-state index in [-0.39, 0.29) is 12.1 Å². The lowest BCUT2D eigenvalue weighted by Gasteiger charge is -2.47. The molecule has 6 heteroatoms. The van der Waals surface area contributed by atoms with Gasteiger partial charge in [0.25, 0.3) is 0 Å². The molecule has 0 aromatic heterocycles. The molecule has 0 amide bonds. The number of morpholine rings is 1. The third kappa shape index (κ3) is 2.29. The third-order valence-electron chi connectivity index (χ3n) is 3.98. The van der Waals surface area contributed by atoms with Crippen LogP contribution in [0.4, 0.5) is 0 Å². The van der Waals surface area contributed by atoms with Crippen LogP contribution in [0.5, 0.6) is 0 Å². The molecular weight excluding hydrogens is 264 g/mol. The SMILES string of the molecule is CN1C2COCC1CN(S(=O)(=O)c1ccccc1)C2. The smallest absolute Gasteiger partial charge is 0.243 e. The van der Waals surface area contributed by atoms with Gasteiger partial charge in [0.1, 0.15) is 0 Å². The Bertz CT molecular complexity index is 532. The maximum atomic E-state index is 12.6. The van der Waals surface area contributed by atoms with Crippen LogP contribution in [0.1, 0.15) is 0 Å². The second kappa shape index (κ2) is 4.86. The minimum atomic E-state index is -3.38. The molecular formula is C13H18N2O3S. The Morgan fingerprint density at radius 1 is 1.11 bits per heavy atom. The first-order valence-electron chi connectivity index (χ1n) is 6.44. The van der Waals surface area contributed by atoms with Crippen LogP contribution in [0.15, 0.2) is 35.2 Å². The Balaban J connectivity index is 1.87. The summed E-state index contributed by atoms with van der Waals surface area (Å²) in [6.45, 7) is 2.22. The summed E-state index contributed by atoms with van der Waals surface area (Å²) in [4.78, 5) is 2.61. The second-order valence-electron chi connectivity index (χ2n) is 5.15. The number of nitrogens with zero attached hydrogens (tertiary/aromatic N) is 2. The van der Waals surface area contributed by atoms with Crippen molar-refractivity contribution >= 4 is 10.0 Å². The molecule has 1 aromatic carbocycles. The van der Waals surface area contributed by atoms with Crippen LogP contribution < -0.4 is 0 Å². The summed E-state index contributed by atoms with van der Waals surface area (Å²) in [6, 6.07) is 8.96. The normalized spacial score (nSPS) is 29.3. The predicted octanol–water partition coefficient (Wildman–Crippen LogP) is 0.390. The maximum absolute atomic E-state index is 12.6. The van der Waals surface area contributed by atoms with Gasteiger partial charge in [0, 0.05) is 25.2 Å². The Kier molecular flexibility index (Phi) is 3.34. The molecule has 2 heterocycles. The molecule has 2 fully saturated rings. The number of hydrogen-bond acceptors (Lipinski definition) is 4. The number of fused-ring (bicyclic) bond motifs is 2. The highest BCUT2D eigenvalue weighted by Gasteiger charge is 2.40. The van der Waals surface area contributed by atoms with Gasteiger partial charge < -0.3 is 4.74 Å². The van der Waals surface area contributed by atoms with Gasteiger partial charge in [-0.1, -0.05) is 18.2 Å². The summed E-state index contributed by atoms with van der Waals surface area (Å²) in [5.74, 6) is 0. The van der Waals surface area contributed by atoms with Crippen molar-refractivity contribution in [3.8, 4) is 0 Å². The molecule has 2 bridgehead atoms. The van der Waals surface area contributed by atoms with Crippen molar-refractivity contribution in [1.82, 2.24) is 9.21 Å². The van der Waals surface area contributed by atoms with E-state index in [1.54, 1.807) is 28.6 Å². The average Bonchev–Trinajstić information content (AvgIpc) is 2.39. The van der Waals surface area contributed by atoms with Crippen molar-refractivity contribution in [3.05, 3.63) is 30.3 Å². The topological polar surface area (TPSA) is 49.9 Å². The van der Waals surface area contributed by atoms with E-state index in [4.69, 9.17) is 4.74 Å². The van der Waals surface area contributed by atoms with Crippen LogP contribution in [-0.2, 0) is 14.8 Å². The molecule has 0 aliphatic carbocycles. The van der Waals surface area contributed by atoms with Crippen LogP contribution in [0.25, 0.3) is 0 Å². The van der Waals surface area contributed by atoms with Crippen molar-refractivity contribution in [1.29, 1.82) is 0 Å². The van der Waals surface area contributed by atoms with Crippen molar-refractivity contribution in [2.45, 2.75) is 17.0 Å². The van der Waals surface area contributed by atoms with Gasteiger partial charge in [-0.05, 0) is 19.2 Å². The van der Waals surface area contributed by atoms with Gasteiger partial charge in [0.2, 0.25) is 10.0 Å². The third-order valence-corrected chi connectivity index (χ3v) is 5.83. The maximum Gasteiger partial charge on any atom is 0.243 e. The molecule has 0 saturated carbocycles. The minimum absolute atomic E-state index is 0.158. The number of ether oxygens (including phenoxy) is 1. The number of benzene rings is 1. The van der Waals surface area contributed by atoms with Crippen molar-refractivity contribution < 1.29 is 13.2 Å². The molecule has 19 heavy (non-hydrogen) atoms. The highest BCUT2D eigenvalue weighted by atomic mass is 32.2. The van der Waals surface area contributed by atoms with E-state index in [1.165, 1.54) is 0 Å². The van der Waals surface area contributed by atoms with Crippen molar-refractivity contribution in [2.75, 3.05) is 33.4 Å². The van der Waals surface area contributed by atoms with Gasteiger partial charge in [0.05, 0.1) is 18.1 Å². The monoisotopic (exact) mass is 282 g/mol. The standard InChI is InChI=1S/C13H18N2O3S/c1-14-11-7-15(8-12(14)10-18-9-11)19(16,17)13-5-3-2-4-6-13/h2-6,11-12H,7-10H2,1H3. The number of piperazine rings is 1. The van der Waals surface area contributed by atoms with Gasteiger partial charge >= 0.3 is 0 Å². The van der Waals surface area contributed by atoms with Gasteiger partial charge in [-0.2, -0.15) is 4.31 Å². The highest BCUT2D eigenvalue weighted by molar-refractivity contribution is 7.89. The first-order valence-corrected chi connectivity index (χ1v) is 7.88. The van der Waals surface area contributed by atoms with E-state index in [0.29, 0.717) is 31.2 Å². The lowest BCUT2D eigenvalue weighted by molar-refractivity contribution is -0.0688. The molecule has 3 rings (SSSR count). The van der Waals surface area contributed by atoms with E-state index in [9.17, 15) is 8.42 Å². The predicted molar refractivity (Wildman–Crippen MR) is 71.4 cm³/mol. The van der Waals surface area contributed by atoms with Crippen LogP contribution in [0.2, 0.25) is 0 Å². The molecule has 2 atom stereocenters. The molecule has 2 unspecified atom stereocenters. The molecule has 0 spiro atoms. The van der Waals surface area contributed by atoms with E-state index in [1.807, 2.05) is 13.1 Å². The largest absolute Gasteiger partial charge is 0.378 e. The average molecular weight is 282 g/mol. The van der Waals surface area contributed by atoms with Gasteiger partial charge in [-0.3, -0.25) is 4.90 Å². The minimum Gasteiger partial charge on any atom is -0.378 e. The second-order valence-corrected chi connectivity index (χ2v) is 7.08. The van der Waals surface area contributed by atoms with E-state index < -0.39 is 10.0 Å². The van der Waals surface area contributed by atoms with Gasteiger partial charge in [0.15, 0.2) is 0 Å². The van der Waals surface area contributed by atoms with E-state index >= 15 is 0 Å². The van der Waals surface area contributed by atoms with E-state index in [0.717, 1.165) is 0 Å². The zero-order chi connectivity index (χ0) is 13.5. The van der Waals surface area contributed by atoms with Crippen molar-refractivity contribution in [3.63, 3.8) is 0 Å². The molecule has 0 N–H and O–H groups in total. The zero-order valence-corrected chi connectivity index (χ0v) is 11.7. The Morgan fingerprint density at radius 2 is 1.68 bits per heavy atom. The number of sulfonamides is 1. The lowest BCUT2D eigenvalue weighted by Crippen LogP contribution is -2.63. The summed E-state index contributed by atoms with van der Waals surface area (Å²) < 4.78 is 32.3. The lowest BCUT2D eigenvalue weighted by atomic mass is 10.1. The Labute approximate surface area is 113 Å². The van der Waals surface area contributed by atoms with Crippen LogP contribution in [-0.4, -0.2) is 63.1 Å². The van der Waals surface area contributed by atoms with E-state index in [2.05, 4.69) is 4.90 Å². The summed E-state index contributed by atoms with van der Waals surface area (Å²) in [6.07, 6.45) is 0. The van der Waals surface area contributed by atoms with Gasteiger partial charge in [-0.25, -0.2) is 8.42 Å².